The Bertz CT molecular complexity index is 628. The SMILES string of the molecule is CN=C(NCCn1ccnc1)NCC(C)Oc1cccc(OC)c1. The van der Waals surface area contributed by atoms with Gasteiger partial charge < -0.3 is 24.7 Å². The van der Waals surface area contributed by atoms with Gasteiger partial charge in [0.2, 0.25) is 0 Å². The molecule has 0 bridgehead atoms. The van der Waals surface area contributed by atoms with Crippen molar-refractivity contribution in [2.45, 2.75) is 19.6 Å². The number of nitrogens with one attached hydrogen (secondary N) is 2. The van der Waals surface area contributed by atoms with Crippen LogP contribution < -0.4 is 20.1 Å². The summed E-state index contributed by atoms with van der Waals surface area (Å²) < 4.78 is 13.1. The van der Waals surface area contributed by atoms with Crippen LogP contribution in [0.1, 0.15) is 6.92 Å². The number of hydrogen-bond donors (Lipinski definition) is 2. The first-order valence-electron chi connectivity index (χ1n) is 7.92. The lowest BCUT2D eigenvalue weighted by molar-refractivity contribution is 0.223. The summed E-state index contributed by atoms with van der Waals surface area (Å²) >= 11 is 0. The van der Waals surface area contributed by atoms with Crippen molar-refractivity contribution in [3.8, 4) is 11.5 Å². The molecule has 0 saturated heterocycles. The molecule has 0 amide bonds. The van der Waals surface area contributed by atoms with Gasteiger partial charge in [-0.05, 0) is 19.1 Å². The van der Waals surface area contributed by atoms with Gasteiger partial charge in [-0.3, -0.25) is 4.99 Å². The molecule has 1 heterocycles. The van der Waals surface area contributed by atoms with E-state index in [1.807, 2.05) is 42.0 Å². The molecule has 2 N–H and O–H groups in total. The molecule has 0 radical (unpaired) electrons. The van der Waals surface area contributed by atoms with E-state index in [1.54, 1.807) is 26.7 Å². The third kappa shape index (κ3) is 5.83. The first-order valence-corrected chi connectivity index (χ1v) is 7.92. The number of methoxy groups -OCH3 is 1. The molecule has 1 aromatic heterocycles. The van der Waals surface area contributed by atoms with Gasteiger partial charge in [0.25, 0.3) is 0 Å². The minimum atomic E-state index is -0.00990. The maximum Gasteiger partial charge on any atom is 0.191 e. The second-order valence-corrected chi connectivity index (χ2v) is 5.29. The van der Waals surface area contributed by atoms with Gasteiger partial charge in [-0.1, -0.05) is 6.07 Å². The molecule has 0 fully saturated rings. The molecule has 7 nitrogen and oxygen atoms in total. The summed E-state index contributed by atoms with van der Waals surface area (Å²) in [6, 6.07) is 7.58. The molecule has 0 aliphatic rings. The predicted molar refractivity (Wildman–Crippen MR) is 94.7 cm³/mol. The summed E-state index contributed by atoms with van der Waals surface area (Å²) in [5.74, 6) is 2.31. The van der Waals surface area contributed by atoms with Gasteiger partial charge in [-0.2, -0.15) is 0 Å². The van der Waals surface area contributed by atoms with Gasteiger partial charge in [-0.15, -0.1) is 0 Å². The molecule has 0 aliphatic heterocycles. The highest BCUT2D eigenvalue weighted by atomic mass is 16.5. The Hall–Kier alpha value is -2.70. The number of ether oxygens (including phenoxy) is 2. The van der Waals surface area contributed by atoms with Crippen LogP contribution in [0.2, 0.25) is 0 Å². The van der Waals surface area contributed by atoms with E-state index >= 15 is 0 Å². The first-order chi connectivity index (χ1) is 11.7. The van der Waals surface area contributed by atoms with E-state index in [0.717, 1.165) is 30.5 Å². The summed E-state index contributed by atoms with van der Waals surface area (Å²) in [5, 5.41) is 6.52. The quantitative estimate of drug-likeness (QED) is 0.567. The number of nitrogens with zero attached hydrogens (tertiary/aromatic N) is 3. The lowest BCUT2D eigenvalue weighted by Gasteiger charge is -2.18. The van der Waals surface area contributed by atoms with Gasteiger partial charge in [0.1, 0.15) is 17.6 Å². The molecule has 0 saturated carbocycles. The predicted octanol–water partition coefficient (Wildman–Crippen LogP) is 1.52. The van der Waals surface area contributed by atoms with Crippen LogP contribution in [0.3, 0.4) is 0 Å². The fourth-order valence-corrected chi connectivity index (χ4v) is 2.13. The Labute approximate surface area is 142 Å². The number of imidazole rings is 1. The third-order valence-corrected chi connectivity index (χ3v) is 3.38. The van der Waals surface area contributed by atoms with E-state index in [0.29, 0.717) is 6.54 Å². The molecule has 2 rings (SSSR count). The van der Waals surface area contributed by atoms with Gasteiger partial charge in [-0.25, -0.2) is 4.98 Å². The van der Waals surface area contributed by atoms with E-state index in [2.05, 4.69) is 20.6 Å². The van der Waals surface area contributed by atoms with Crippen LogP contribution in [0.5, 0.6) is 11.5 Å². The smallest absolute Gasteiger partial charge is 0.191 e. The van der Waals surface area contributed by atoms with Crippen molar-refractivity contribution in [1.82, 2.24) is 20.2 Å². The molecular formula is C17H25N5O2. The van der Waals surface area contributed by atoms with Crippen LogP contribution in [-0.2, 0) is 6.54 Å². The summed E-state index contributed by atoms with van der Waals surface area (Å²) in [6.45, 7) is 4.24. The zero-order valence-corrected chi connectivity index (χ0v) is 14.4. The molecule has 2 aromatic rings. The number of aromatic nitrogens is 2. The standard InChI is InChI=1S/C17H25N5O2/c1-14(24-16-6-4-5-15(11-16)23-3)12-21-17(18-2)20-8-10-22-9-7-19-13-22/h4-7,9,11,13-14H,8,10,12H2,1-3H3,(H2,18,20,21). The average Bonchev–Trinajstić information content (AvgIpc) is 3.11. The topological polar surface area (TPSA) is 72.7 Å². The number of rotatable bonds is 8. The van der Waals surface area contributed by atoms with Crippen LogP contribution in [0.15, 0.2) is 48.0 Å². The Morgan fingerprint density at radius 3 is 2.88 bits per heavy atom. The molecule has 1 unspecified atom stereocenters. The van der Waals surface area contributed by atoms with E-state index in [-0.39, 0.29) is 6.10 Å². The molecule has 0 aliphatic carbocycles. The second-order valence-electron chi connectivity index (χ2n) is 5.29. The highest BCUT2D eigenvalue weighted by Gasteiger charge is 2.06. The van der Waals surface area contributed by atoms with Gasteiger partial charge in [0.15, 0.2) is 5.96 Å². The Morgan fingerprint density at radius 2 is 2.17 bits per heavy atom. The van der Waals surface area contributed by atoms with Gasteiger partial charge in [0.05, 0.1) is 20.0 Å². The Morgan fingerprint density at radius 1 is 1.33 bits per heavy atom. The fraction of sp³-hybridized carbons (Fsp3) is 0.412. The maximum absolute atomic E-state index is 5.88. The lowest BCUT2D eigenvalue weighted by atomic mass is 10.3. The van der Waals surface area contributed by atoms with Crippen LogP contribution in [0, 0.1) is 0 Å². The molecule has 130 valence electrons. The van der Waals surface area contributed by atoms with Crippen molar-refractivity contribution < 1.29 is 9.47 Å². The molecule has 7 heteroatoms. The van der Waals surface area contributed by atoms with Gasteiger partial charge in [0, 0.05) is 38.6 Å². The van der Waals surface area contributed by atoms with Crippen LogP contribution in [-0.4, -0.2) is 48.9 Å². The van der Waals surface area contributed by atoms with Crippen LogP contribution in [0.25, 0.3) is 0 Å². The highest BCUT2D eigenvalue weighted by molar-refractivity contribution is 5.79. The monoisotopic (exact) mass is 331 g/mol. The number of guanidine groups is 1. The average molecular weight is 331 g/mol. The lowest BCUT2D eigenvalue weighted by Crippen LogP contribution is -2.42. The van der Waals surface area contributed by atoms with E-state index < -0.39 is 0 Å². The van der Waals surface area contributed by atoms with E-state index in [4.69, 9.17) is 9.47 Å². The normalized spacial score (nSPS) is 12.5. The minimum absolute atomic E-state index is 0.00990. The summed E-state index contributed by atoms with van der Waals surface area (Å²) in [6.07, 6.45) is 5.48. The molecular weight excluding hydrogens is 306 g/mol. The fourth-order valence-electron chi connectivity index (χ4n) is 2.13. The largest absolute Gasteiger partial charge is 0.497 e. The van der Waals surface area contributed by atoms with Crippen LogP contribution in [0.4, 0.5) is 0 Å². The van der Waals surface area contributed by atoms with Crippen molar-refractivity contribution in [3.63, 3.8) is 0 Å². The first kappa shape index (κ1) is 17.7. The Kier molecular flexibility index (Phi) is 6.94. The molecule has 24 heavy (non-hydrogen) atoms. The van der Waals surface area contributed by atoms with Crippen molar-refractivity contribution in [2.24, 2.45) is 4.99 Å². The van der Waals surface area contributed by atoms with Crippen molar-refractivity contribution >= 4 is 5.96 Å². The van der Waals surface area contributed by atoms with Gasteiger partial charge >= 0.3 is 0 Å². The summed E-state index contributed by atoms with van der Waals surface area (Å²) in [5.41, 5.74) is 0. The number of benzene rings is 1. The van der Waals surface area contributed by atoms with Crippen molar-refractivity contribution in [1.29, 1.82) is 0 Å². The summed E-state index contributed by atoms with van der Waals surface area (Å²) in [4.78, 5) is 8.22. The zero-order chi connectivity index (χ0) is 17.2. The second kappa shape index (κ2) is 9.44. The number of hydrogen-bond acceptors (Lipinski definition) is 4. The molecule has 1 atom stereocenters. The molecule has 0 spiro atoms. The van der Waals surface area contributed by atoms with Crippen molar-refractivity contribution in [2.75, 3.05) is 27.2 Å². The van der Waals surface area contributed by atoms with E-state index in [9.17, 15) is 0 Å². The van der Waals surface area contributed by atoms with Crippen molar-refractivity contribution in [3.05, 3.63) is 43.0 Å². The molecule has 1 aromatic carbocycles. The highest BCUT2D eigenvalue weighted by Crippen LogP contribution is 2.19. The number of aliphatic imine (C=N–C) groups is 1. The Balaban J connectivity index is 1.71. The maximum atomic E-state index is 5.88. The minimum Gasteiger partial charge on any atom is -0.497 e. The van der Waals surface area contributed by atoms with E-state index in [1.165, 1.54) is 0 Å². The third-order valence-electron chi connectivity index (χ3n) is 3.38. The zero-order valence-electron chi connectivity index (χ0n) is 14.4. The van der Waals surface area contributed by atoms with Crippen LogP contribution >= 0.6 is 0 Å². The summed E-state index contributed by atoms with van der Waals surface area (Å²) in [7, 11) is 3.39.